The first kappa shape index (κ1) is 16.0. The van der Waals surface area contributed by atoms with Gasteiger partial charge in [0, 0.05) is 0 Å². The molecule has 0 aliphatic heterocycles. The lowest BCUT2D eigenvalue weighted by Crippen LogP contribution is -2.09. The minimum Gasteiger partial charge on any atom is -0.299 e. The maximum Gasteiger partial charge on any atom is 0.163 e. The molecule has 3 heteroatoms. The molecule has 0 aromatic heterocycles. The van der Waals surface area contributed by atoms with Crippen LogP contribution < -0.4 is 0 Å². The fourth-order valence-corrected chi connectivity index (χ4v) is 1.12. The van der Waals surface area contributed by atoms with Crippen LogP contribution >= 0.6 is 0 Å². The highest BCUT2D eigenvalue weighted by Gasteiger charge is 2.09. The molecule has 0 aromatic rings. The summed E-state index contributed by atoms with van der Waals surface area (Å²) in [5.41, 5.74) is 0. The molecule has 0 spiro atoms. The summed E-state index contributed by atoms with van der Waals surface area (Å²) in [4.78, 5) is 34.0. The topological polar surface area (TPSA) is 51.2 Å². The minimum absolute atomic E-state index is 0.225. The number of allylic oxidation sites excluding steroid dienone is 8. The van der Waals surface area contributed by atoms with Gasteiger partial charge < -0.3 is 0 Å². The standard InChI is InChI=1S/C15H18O3/c1-3-5-7-9-13(16)11-15(18)12-14(17)10-8-6-4-2/h3-10H,11-12H2,1-2H3. The van der Waals surface area contributed by atoms with E-state index >= 15 is 0 Å². The molecule has 0 heterocycles. The minimum atomic E-state index is -0.361. The number of ketones is 3. The van der Waals surface area contributed by atoms with E-state index in [2.05, 4.69) is 0 Å². The van der Waals surface area contributed by atoms with Gasteiger partial charge in [0.05, 0.1) is 12.8 Å². The number of carbonyl (C=O) groups is 3. The molecule has 0 saturated heterocycles. The Morgan fingerprint density at radius 2 is 1.11 bits per heavy atom. The molecule has 0 amide bonds. The Morgan fingerprint density at radius 3 is 1.44 bits per heavy atom. The van der Waals surface area contributed by atoms with Gasteiger partial charge in [-0.1, -0.05) is 36.5 Å². The molecule has 96 valence electrons. The zero-order valence-electron chi connectivity index (χ0n) is 10.8. The Balaban J connectivity index is 4.11. The molecule has 0 bridgehead atoms. The van der Waals surface area contributed by atoms with Gasteiger partial charge in [0.2, 0.25) is 0 Å². The number of carbonyl (C=O) groups excluding carboxylic acids is 3. The molecule has 18 heavy (non-hydrogen) atoms. The molecule has 0 rings (SSSR count). The quantitative estimate of drug-likeness (QED) is 0.376. The van der Waals surface area contributed by atoms with E-state index < -0.39 is 0 Å². The van der Waals surface area contributed by atoms with Crippen LogP contribution in [0.4, 0.5) is 0 Å². The molecule has 0 aromatic carbocycles. The van der Waals surface area contributed by atoms with Crippen molar-refractivity contribution in [2.45, 2.75) is 26.7 Å². The van der Waals surface area contributed by atoms with E-state index in [0.29, 0.717) is 0 Å². The number of hydrogen-bond donors (Lipinski definition) is 0. The zero-order chi connectivity index (χ0) is 13.8. The molecule has 0 radical (unpaired) electrons. The maximum atomic E-state index is 11.4. The highest BCUT2D eigenvalue weighted by atomic mass is 16.2. The lowest BCUT2D eigenvalue weighted by Gasteiger charge is -1.94. The highest BCUT2D eigenvalue weighted by molar-refractivity contribution is 6.12. The maximum absolute atomic E-state index is 11.4. The van der Waals surface area contributed by atoms with Crippen LogP contribution in [0.15, 0.2) is 48.6 Å². The van der Waals surface area contributed by atoms with E-state index in [1.165, 1.54) is 12.2 Å². The Kier molecular flexibility index (Phi) is 9.00. The average Bonchev–Trinajstić information content (AvgIpc) is 2.29. The second kappa shape index (κ2) is 10.1. The van der Waals surface area contributed by atoms with Gasteiger partial charge in [0.1, 0.15) is 5.78 Å². The molecule has 0 saturated carbocycles. The SMILES string of the molecule is CC=CC=CC(=O)CC(=O)CC(=O)C=CC=CC. The lowest BCUT2D eigenvalue weighted by atomic mass is 10.1. The van der Waals surface area contributed by atoms with Crippen molar-refractivity contribution >= 4 is 17.3 Å². The molecule has 0 unspecified atom stereocenters. The fourth-order valence-electron chi connectivity index (χ4n) is 1.12. The van der Waals surface area contributed by atoms with Crippen LogP contribution in [0.2, 0.25) is 0 Å². The molecule has 0 aliphatic rings. The van der Waals surface area contributed by atoms with Crippen molar-refractivity contribution in [2.24, 2.45) is 0 Å². The summed E-state index contributed by atoms with van der Waals surface area (Å²) >= 11 is 0. The normalized spacial score (nSPS) is 12.1. The van der Waals surface area contributed by atoms with Gasteiger partial charge in [0.25, 0.3) is 0 Å². The van der Waals surface area contributed by atoms with Gasteiger partial charge in [-0.25, -0.2) is 0 Å². The summed E-state index contributed by atoms with van der Waals surface area (Å²) < 4.78 is 0. The Hall–Kier alpha value is -2.03. The Bertz CT molecular complexity index is 371. The molecule has 0 fully saturated rings. The van der Waals surface area contributed by atoms with Crippen molar-refractivity contribution in [1.29, 1.82) is 0 Å². The molecular weight excluding hydrogens is 228 g/mol. The van der Waals surface area contributed by atoms with Crippen LogP contribution in [0.25, 0.3) is 0 Å². The van der Waals surface area contributed by atoms with Gasteiger partial charge in [-0.15, -0.1) is 0 Å². The predicted molar refractivity (Wildman–Crippen MR) is 72.2 cm³/mol. The van der Waals surface area contributed by atoms with Crippen molar-refractivity contribution < 1.29 is 14.4 Å². The van der Waals surface area contributed by atoms with Crippen molar-refractivity contribution in [3.8, 4) is 0 Å². The number of rotatable bonds is 8. The first-order chi connectivity index (χ1) is 8.60. The molecular formula is C15H18O3. The molecule has 0 aliphatic carbocycles. The Morgan fingerprint density at radius 1 is 0.722 bits per heavy atom. The van der Waals surface area contributed by atoms with Crippen molar-refractivity contribution in [3.05, 3.63) is 48.6 Å². The van der Waals surface area contributed by atoms with Crippen LogP contribution in [0, 0.1) is 0 Å². The molecule has 3 nitrogen and oxygen atoms in total. The number of hydrogen-bond acceptors (Lipinski definition) is 3. The summed E-state index contributed by atoms with van der Waals surface area (Å²) in [5.74, 6) is -0.938. The van der Waals surface area contributed by atoms with Crippen molar-refractivity contribution in [1.82, 2.24) is 0 Å². The van der Waals surface area contributed by atoms with Crippen molar-refractivity contribution in [2.75, 3.05) is 0 Å². The van der Waals surface area contributed by atoms with Gasteiger partial charge >= 0.3 is 0 Å². The summed E-state index contributed by atoms with van der Waals surface area (Å²) in [6.45, 7) is 3.66. The first-order valence-electron chi connectivity index (χ1n) is 5.76. The van der Waals surface area contributed by atoms with E-state index in [-0.39, 0.29) is 30.2 Å². The van der Waals surface area contributed by atoms with E-state index in [1.807, 2.05) is 13.8 Å². The predicted octanol–water partition coefficient (Wildman–Crippen LogP) is 2.74. The van der Waals surface area contributed by atoms with Gasteiger partial charge in [0.15, 0.2) is 11.6 Å². The molecule has 0 atom stereocenters. The van der Waals surface area contributed by atoms with Gasteiger partial charge in [-0.05, 0) is 26.0 Å². The van der Waals surface area contributed by atoms with Crippen LogP contribution in [0.3, 0.4) is 0 Å². The lowest BCUT2D eigenvalue weighted by molar-refractivity contribution is -0.127. The highest BCUT2D eigenvalue weighted by Crippen LogP contribution is 1.96. The largest absolute Gasteiger partial charge is 0.299 e. The monoisotopic (exact) mass is 246 g/mol. The number of Topliss-reactive ketones (excluding diaryl/α,β-unsaturated/α-hetero) is 1. The van der Waals surface area contributed by atoms with Crippen LogP contribution in [-0.2, 0) is 14.4 Å². The van der Waals surface area contributed by atoms with E-state index in [1.54, 1.807) is 36.5 Å². The molecule has 0 N–H and O–H groups in total. The smallest absolute Gasteiger partial charge is 0.163 e. The van der Waals surface area contributed by atoms with Crippen molar-refractivity contribution in [3.63, 3.8) is 0 Å². The van der Waals surface area contributed by atoms with E-state index in [4.69, 9.17) is 0 Å². The summed E-state index contributed by atoms with van der Waals surface area (Å²) in [5, 5.41) is 0. The summed E-state index contributed by atoms with van der Waals surface area (Å²) in [6, 6.07) is 0. The van der Waals surface area contributed by atoms with Crippen LogP contribution in [-0.4, -0.2) is 17.3 Å². The Labute approximate surface area is 108 Å². The fraction of sp³-hybridized carbons (Fsp3) is 0.267. The third kappa shape index (κ3) is 9.21. The van der Waals surface area contributed by atoms with Gasteiger partial charge in [-0.3, -0.25) is 14.4 Å². The zero-order valence-corrected chi connectivity index (χ0v) is 10.8. The third-order valence-corrected chi connectivity index (χ3v) is 1.91. The van der Waals surface area contributed by atoms with E-state index in [9.17, 15) is 14.4 Å². The second-order valence-corrected chi connectivity index (χ2v) is 3.59. The summed E-state index contributed by atoms with van der Waals surface area (Å²) in [7, 11) is 0. The third-order valence-electron chi connectivity index (χ3n) is 1.91. The van der Waals surface area contributed by atoms with Gasteiger partial charge in [-0.2, -0.15) is 0 Å². The summed E-state index contributed by atoms with van der Waals surface area (Å²) in [6.07, 6.45) is 12.3. The first-order valence-corrected chi connectivity index (χ1v) is 5.76. The van der Waals surface area contributed by atoms with Crippen LogP contribution in [0.1, 0.15) is 26.7 Å². The second-order valence-electron chi connectivity index (χ2n) is 3.59. The van der Waals surface area contributed by atoms with E-state index in [0.717, 1.165) is 0 Å². The van der Waals surface area contributed by atoms with Crippen LogP contribution in [0.5, 0.6) is 0 Å². The average molecular weight is 246 g/mol.